The van der Waals surface area contributed by atoms with Gasteiger partial charge in [0.25, 0.3) is 5.56 Å². The van der Waals surface area contributed by atoms with Gasteiger partial charge in [0.2, 0.25) is 5.28 Å². The minimum Gasteiger partial charge on any atom is -0.386 e. The standard InChI is InChI=1S/C22H20Cl3FN6O12P2/c23-7-1-9-10(2-8(7)24)32(22(25)30-9)21-15(33)17-12(42-21)4-40-45(35,36)43-16-11(3-39-46(37,38)44-17)41-20(13(16)26)31-6-29-14-18(31)27-5-28-19(14)34/h1-2,5-6,11-13,15-17,20-21,33H,3-4H2,(H,35,36)(H,37,38)(H,27,28,34). The molecule has 4 aromatic rings. The number of aliphatic hydroxyl groups is 1. The molecule has 3 aromatic heterocycles. The molecule has 3 aliphatic heterocycles. The minimum absolute atomic E-state index is 0.0844. The number of ether oxygens (including phenoxy) is 2. The van der Waals surface area contributed by atoms with E-state index in [4.69, 9.17) is 62.4 Å². The molecule has 0 saturated carbocycles. The van der Waals surface area contributed by atoms with E-state index in [9.17, 15) is 28.8 Å². The van der Waals surface area contributed by atoms with Crippen molar-refractivity contribution in [2.45, 2.75) is 49.1 Å². The number of rotatable bonds is 2. The first kappa shape index (κ1) is 32.5. The second-order valence-electron chi connectivity index (χ2n) is 10.3. The fraction of sp³-hybridized carbons (Fsp3) is 0.455. The van der Waals surface area contributed by atoms with E-state index in [1.807, 2.05) is 0 Å². The number of aromatic nitrogens is 6. The van der Waals surface area contributed by atoms with Crippen LogP contribution in [0.25, 0.3) is 22.2 Å². The third-order valence-corrected chi connectivity index (χ3v) is 10.4. The largest absolute Gasteiger partial charge is 0.472 e. The average Bonchev–Trinajstić information content (AvgIpc) is 3.71. The van der Waals surface area contributed by atoms with E-state index < -0.39 is 83.6 Å². The number of H-pyrrole nitrogens is 1. The van der Waals surface area contributed by atoms with Crippen LogP contribution in [0.15, 0.2) is 29.6 Å². The Kier molecular flexibility index (Phi) is 8.35. The summed E-state index contributed by atoms with van der Waals surface area (Å²) >= 11 is 18.5. The second-order valence-corrected chi connectivity index (χ2v) is 14.3. The third kappa shape index (κ3) is 5.71. The normalized spacial score (nSPS) is 37.2. The molecule has 10 unspecified atom stereocenters. The summed E-state index contributed by atoms with van der Waals surface area (Å²) in [6, 6.07) is 2.81. The predicted octanol–water partition coefficient (Wildman–Crippen LogP) is 2.64. The number of fused-ring (bicyclic) bond motifs is 4. The van der Waals surface area contributed by atoms with Gasteiger partial charge in [-0.05, 0) is 23.7 Å². The molecule has 0 amide bonds. The van der Waals surface area contributed by atoms with Crippen molar-refractivity contribution in [1.82, 2.24) is 29.1 Å². The van der Waals surface area contributed by atoms with E-state index in [1.165, 1.54) is 16.7 Å². The van der Waals surface area contributed by atoms with Crippen molar-refractivity contribution >= 4 is 72.6 Å². The van der Waals surface area contributed by atoms with Crippen molar-refractivity contribution in [2.75, 3.05) is 13.2 Å². The zero-order valence-corrected chi connectivity index (χ0v) is 26.6. The average molecular weight is 748 g/mol. The van der Waals surface area contributed by atoms with Crippen molar-refractivity contribution in [2.24, 2.45) is 0 Å². The topological polar surface area (TPSA) is 232 Å². The van der Waals surface area contributed by atoms with Gasteiger partial charge in [-0.15, -0.1) is 0 Å². The number of imidazole rings is 2. The lowest BCUT2D eigenvalue weighted by molar-refractivity contribution is -0.0662. The van der Waals surface area contributed by atoms with Gasteiger partial charge < -0.3 is 29.4 Å². The zero-order valence-electron chi connectivity index (χ0n) is 22.5. The van der Waals surface area contributed by atoms with Crippen LogP contribution < -0.4 is 5.56 Å². The summed E-state index contributed by atoms with van der Waals surface area (Å²) in [6.07, 6.45) is -11.7. The number of halogens is 4. The molecule has 0 aliphatic carbocycles. The summed E-state index contributed by atoms with van der Waals surface area (Å²) < 4.78 is 76.3. The quantitative estimate of drug-likeness (QED) is 0.216. The number of phosphoric acid groups is 2. The SMILES string of the molecule is O=c1[nH]cnc2c1ncn2C1OC2COP(=O)(O)OC3C(COP(=O)(O)OC2C1F)OC(n1c(Cl)nc2cc(Cl)c(Cl)cc21)C3O. The monoisotopic (exact) mass is 746 g/mol. The lowest BCUT2D eigenvalue weighted by Crippen LogP contribution is -2.38. The Labute approximate surface area is 270 Å². The van der Waals surface area contributed by atoms with E-state index in [0.717, 1.165) is 17.2 Å². The van der Waals surface area contributed by atoms with Crippen LogP contribution in [-0.2, 0) is 36.7 Å². The van der Waals surface area contributed by atoms with Gasteiger partial charge in [0.05, 0.1) is 46.9 Å². The Hall–Kier alpha value is -2.06. The Balaban J connectivity index is 1.18. The molecule has 6 heterocycles. The van der Waals surface area contributed by atoms with Crippen LogP contribution in [0.5, 0.6) is 0 Å². The molecular weight excluding hydrogens is 728 g/mol. The second kappa shape index (κ2) is 11.8. The van der Waals surface area contributed by atoms with Crippen molar-refractivity contribution < 1.29 is 56.0 Å². The molecule has 1 aromatic carbocycles. The number of nitrogens with one attached hydrogen (secondary N) is 1. The fourth-order valence-corrected chi connectivity index (χ4v) is 7.95. The van der Waals surface area contributed by atoms with Crippen LogP contribution in [0, 0.1) is 0 Å². The first-order valence-electron chi connectivity index (χ1n) is 13.1. The fourth-order valence-electron chi connectivity index (χ4n) is 5.43. The molecule has 0 bridgehead atoms. The summed E-state index contributed by atoms with van der Waals surface area (Å²) in [5.41, 5.74) is -0.339. The van der Waals surface area contributed by atoms with Crippen molar-refractivity contribution in [3.8, 4) is 0 Å². The van der Waals surface area contributed by atoms with Crippen LogP contribution >= 0.6 is 50.4 Å². The van der Waals surface area contributed by atoms with Gasteiger partial charge in [-0.1, -0.05) is 23.2 Å². The molecule has 7 rings (SSSR count). The Morgan fingerprint density at radius 2 is 1.59 bits per heavy atom. The van der Waals surface area contributed by atoms with Gasteiger partial charge >= 0.3 is 15.6 Å². The molecule has 10 atom stereocenters. The Morgan fingerprint density at radius 1 is 0.957 bits per heavy atom. The van der Waals surface area contributed by atoms with E-state index in [1.54, 1.807) is 0 Å². The Bertz CT molecular complexity index is 2000. The Morgan fingerprint density at radius 3 is 2.30 bits per heavy atom. The molecule has 4 N–H and O–H groups in total. The molecule has 46 heavy (non-hydrogen) atoms. The smallest absolute Gasteiger partial charge is 0.386 e. The van der Waals surface area contributed by atoms with Gasteiger partial charge in [-0.25, -0.2) is 28.5 Å². The number of aliphatic hydroxyl groups excluding tert-OH is 1. The number of hydrogen-bond donors (Lipinski definition) is 4. The highest BCUT2D eigenvalue weighted by molar-refractivity contribution is 7.47. The lowest BCUT2D eigenvalue weighted by atomic mass is 10.1. The summed E-state index contributed by atoms with van der Waals surface area (Å²) in [5.74, 6) is 0. The molecular formula is C22H20Cl3FN6O12P2. The maximum atomic E-state index is 15.9. The van der Waals surface area contributed by atoms with Crippen LogP contribution in [0.3, 0.4) is 0 Å². The van der Waals surface area contributed by atoms with Crippen LogP contribution in [0.1, 0.15) is 12.5 Å². The number of phosphoric ester groups is 2. The summed E-state index contributed by atoms with van der Waals surface area (Å²) in [6.45, 7) is -1.79. The van der Waals surface area contributed by atoms with Crippen molar-refractivity contribution in [3.63, 3.8) is 0 Å². The summed E-state index contributed by atoms with van der Waals surface area (Å²) in [7, 11) is -10.3. The van der Waals surface area contributed by atoms with Crippen LogP contribution in [0.2, 0.25) is 15.3 Å². The number of hydrogen-bond acceptors (Lipinski definition) is 13. The summed E-state index contributed by atoms with van der Waals surface area (Å²) in [4.78, 5) is 47.6. The van der Waals surface area contributed by atoms with Crippen LogP contribution in [-0.4, -0.2) is 93.9 Å². The lowest BCUT2D eigenvalue weighted by Gasteiger charge is -2.27. The van der Waals surface area contributed by atoms with Gasteiger partial charge in [-0.3, -0.25) is 32.0 Å². The molecule has 3 saturated heterocycles. The highest BCUT2D eigenvalue weighted by Crippen LogP contribution is 2.54. The van der Waals surface area contributed by atoms with Gasteiger partial charge in [0, 0.05) is 0 Å². The first-order valence-corrected chi connectivity index (χ1v) is 17.2. The van der Waals surface area contributed by atoms with Gasteiger partial charge in [0.1, 0.15) is 30.5 Å². The van der Waals surface area contributed by atoms with E-state index >= 15 is 4.39 Å². The van der Waals surface area contributed by atoms with Crippen molar-refractivity contribution in [1.29, 1.82) is 0 Å². The summed E-state index contributed by atoms with van der Waals surface area (Å²) in [5, 5.41) is 11.3. The molecule has 3 aliphatic rings. The molecule has 3 fully saturated rings. The molecule has 18 nitrogen and oxygen atoms in total. The minimum atomic E-state index is -5.14. The highest BCUT2D eigenvalue weighted by atomic mass is 35.5. The molecule has 0 spiro atoms. The molecule has 24 heteroatoms. The first-order chi connectivity index (χ1) is 21.7. The van der Waals surface area contributed by atoms with Crippen LogP contribution in [0.4, 0.5) is 4.39 Å². The number of nitrogens with zero attached hydrogens (tertiary/aromatic N) is 5. The molecule has 0 radical (unpaired) electrons. The van der Waals surface area contributed by atoms with E-state index in [0.29, 0.717) is 0 Å². The maximum absolute atomic E-state index is 15.9. The number of benzene rings is 1. The highest BCUT2D eigenvalue weighted by Gasteiger charge is 2.54. The van der Waals surface area contributed by atoms with Gasteiger partial charge in [0.15, 0.2) is 29.8 Å². The van der Waals surface area contributed by atoms with Crippen molar-refractivity contribution in [3.05, 3.63) is 50.5 Å². The third-order valence-electron chi connectivity index (χ3n) is 7.47. The maximum Gasteiger partial charge on any atom is 0.472 e. The predicted molar refractivity (Wildman–Crippen MR) is 153 cm³/mol. The number of aromatic amines is 1. The van der Waals surface area contributed by atoms with E-state index in [2.05, 4.69) is 19.9 Å². The van der Waals surface area contributed by atoms with Gasteiger partial charge in [-0.2, -0.15) is 0 Å². The molecule has 248 valence electrons. The zero-order chi connectivity index (χ0) is 32.7. The number of alkyl halides is 1. The van der Waals surface area contributed by atoms with E-state index in [-0.39, 0.29) is 37.5 Å².